The number of nitrogens with one attached hydrogen (secondary N) is 3. The highest BCUT2D eigenvalue weighted by Gasteiger charge is 2.07. The van der Waals surface area contributed by atoms with Gasteiger partial charge in [-0.3, -0.25) is 14.8 Å². The van der Waals surface area contributed by atoms with E-state index in [-0.39, 0.29) is 11.9 Å². The molecule has 0 aliphatic rings. The van der Waals surface area contributed by atoms with Gasteiger partial charge in [-0.2, -0.15) is 0 Å². The van der Waals surface area contributed by atoms with Crippen LogP contribution in [0.1, 0.15) is 28.9 Å². The lowest BCUT2D eigenvalue weighted by Crippen LogP contribution is -2.42. The fourth-order valence-corrected chi connectivity index (χ4v) is 2.18. The number of pyridine rings is 1. The Kier molecular flexibility index (Phi) is 6.76. The van der Waals surface area contributed by atoms with Gasteiger partial charge in [0.2, 0.25) is 0 Å². The first-order valence-electron chi connectivity index (χ1n) is 7.91. The Bertz CT molecular complexity index is 658. The Balaban J connectivity index is 1.73. The average Bonchev–Trinajstić information content (AvgIpc) is 2.65. The van der Waals surface area contributed by atoms with E-state index in [0.717, 1.165) is 0 Å². The predicted molar refractivity (Wildman–Crippen MR) is 95.9 cm³/mol. The first-order valence-corrected chi connectivity index (χ1v) is 7.91. The summed E-state index contributed by atoms with van der Waals surface area (Å²) >= 11 is 0. The molecule has 0 aliphatic heterocycles. The Morgan fingerprint density at radius 3 is 2.54 bits per heavy atom. The van der Waals surface area contributed by atoms with E-state index in [2.05, 4.69) is 45.0 Å². The Morgan fingerprint density at radius 1 is 1.12 bits per heavy atom. The maximum Gasteiger partial charge on any atom is 0.252 e. The summed E-state index contributed by atoms with van der Waals surface area (Å²) in [5.41, 5.74) is 1.74. The molecule has 126 valence electrons. The summed E-state index contributed by atoms with van der Waals surface area (Å²) < 4.78 is 0. The van der Waals surface area contributed by atoms with Crippen LogP contribution in [0.5, 0.6) is 0 Å². The molecule has 1 atom stereocenters. The summed E-state index contributed by atoms with van der Waals surface area (Å²) in [6, 6.07) is 13.8. The quantitative estimate of drug-likeness (QED) is 0.429. The van der Waals surface area contributed by atoms with Crippen molar-refractivity contribution in [3.8, 4) is 0 Å². The van der Waals surface area contributed by atoms with E-state index in [9.17, 15) is 4.79 Å². The molecule has 0 aliphatic carbocycles. The van der Waals surface area contributed by atoms with Crippen molar-refractivity contribution in [1.82, 2.24) is 20.9 Å². The van der Waals surface area contributed by atoms with Crippen LogP contribution in [0.25, 0.3) is 0 Å². The van der Waals surface area contributed by atoms with Crippen LogP contribution in [0.2, 0.25) is 0 Å². The number of nitrogens with zero attached hydrogens (tertiary/aromatic N) is 2. The van der Waals surface area contributed by atoms with Gasteiger partial charge in [0.05, 0.1) is 11.6 Å². The molecule has 6 heteroatoms. The van der Waals surface area contributed by atoms with Crippen LogP contribution in [-0.4, -0.2) is 37.0 Å². The lowest BCUT2D eigenvalue weighted by atomic mass is 10.1. The van der Waals surface area contributed by atoms with E-state index in [1.807, 2.05) is 18.2 Å². The largest absolute Gasteiger partial charge is 0.355 e. The maximum absolute atomic E-state index is 11.9. The van der Waals surface area contributed by atoms with Gasteiger partial charge in [-0.1, -0.05) is 30.3 Å². The first-order chi connectivity index (χ1) is 11.7. The predicted octanol–water partition coefficient (Wildman–Crippen LogP) is 1.74. The van der Waals surface area contributed by atoms with Crippen molar-refractivity contribution in [2.24, 2.45) is 4.99 Å². The SMILES string of the molecule is CN=C(NCCNC(=O)c1cccnc1)NC(C)c1ccccc1. The van der Waals surface area contributed by atoms with Crippen LogP contribution in [0.4, 0.5) is 0 Å². The van der Waals surface area contributed by atoms with Crippen molar-refractivity contribution in [3.63, 3.8) is 0 Å². The van der Waals surface area contributed by atoms with Crippen molar-refractivity contribution >= 4 is 11.9 Å². The second-order valence-electron chi connectivity index (χ2n) is 5.27. The van der Waals surface area contributed by atoms with E-state index in [1.165, 1.54) is 5.56 Å². The van der Waals surface area contributed by atoms with Gasteiger partial charge in [0.25, 0.3) is 5.91 Å². The summed E-state index contributed by atoms with van der Waals surface area (Å²) in [5, 5.41) is 9.34. The Hall–Kier alpha value is -2.89. The second kappa shape index (κ2) is 9.29. The molecule has 0 radical (unpaired) electrons. The minimum atomic E-state index is -0.134. The van der Waals surface area contributed by atoms with Crippen LogP contribution in [0.15, 0.2) is 59.9 Å². The van der Waals surface area contributed by atoms with E-state index in [4.69, 9.17) is 0 Å². The number of amides is 1. The van der Waals surface area contributed by atoms with Crippen LogP contribution < -0.4 is 16.0 Å². The summed E-state index contributed by atoms with van der Waals surface area (Å²) in [5.74, 6) is 0.562. The summed E-state index contributed by atoms with van der Waals surface area (Å²) in [6.07, 6.45) is 3.19. The van der Waals surface area contributed by atoms with Gasteiger partial charge < -0.3 is 16.0 Å². The summed E-state index contributed by atoms with van der Waals surface area (Å²) in [6.45, 7) is 3.15. The topological polar surface area (TPSA) is 78.4 Å². The van der Waals surface area contributed by atoms with Crippen molar-refractivity contribution in [3.05, 3.63) is 66.0 Å². The average molecular weight is 325 g/mol. The van der Waals surface area contributed by atoms with Crippen molar-refractivity contribution in [2.45, 2.75) is 13.0 Å². The lowest BCUT2D eigenvalue weighted by Gasteiger charge is -2.18. The van der Waals surface area contributed by atoms with E-state index in [1.54, 1.807) is 31.6 Å². The third kappa shape index (κ3) is 5.39. The highest BCUT2D eigenvalue weighted by molar-refractivity contribution is 5.93. The van der Waals surface area contributed by atoms with Crippen LogP contribution in [0.3, 0.4) is 0 Å². The molecule has 1 unspecified atom stereocenters. The van der Waals surface area contributed by atoms with Gasteiger partial charge in [0.1, 0.15) is 0 Å². The first kappa shape index (κ1) is 17.5. The van der Waals surface area contributed by atoms with Crippen LogP contribution >= 0.6 is 0 Å². The van der Waals surface area contributed by atoms with Gasteiger partial charge in [-0.25, -0.2) is 0 Å². The zero-order valence-corrected chi connectivity index (χ0v) is 14.0. The van der Waals surface area contributed by atoms with Crippen molar-refractivity contribution in [1.29, 1.82) is 0 Å². The van der Waals surface area contributed by atoms with E-state index in [0.29, 0.717) is 24.6 Å². The number of carbonyl (C=O) groups is 1. The fourth-order valence-electron chi connectivity index (χ4n) is 2.18. The van der Waals surface area contributed by atoms with Crippen molar-refractivity contribution < 1.29 is 4.79 Å². The zero-order valence-electron chi connectivity index (χ0n) is 14.0. The molecule has 0 bridgehead atoms. The number of hydrogen-bond donors (Lipinski definition) is 3. The molecule has 0 fully saturated rings. The fraction of sp³-hybridized carbons (Fsp3) is 0.278. The molecule has 6 nitrogen and oxygen atoms in total. The number of benzene rings is 1. The molecule has 1 aromatic carbocycles. The van der Waals surface area contributed by atoms with E-state index >= 15 is 0 Å². The molecule has 2 rings (SSSR count). The Labute approximate surface area is 142 Å². The van der Waals surface area contributed by atoms with Gasteiger partial charge in [0, 0.05) is 32.5 Å². The summed E-state index contributed by atoms with van der Waals surface area (Å²) in [4.78, 5) is 20.0. The van der Waals surface area contributed by atoms with Gasteiger partial charge >= 0.3 is 0 Å². The maximum atomic E-state index is 11.9. The zero-order chi connectivity index (χ0) is 17.2. The molecule has 1 heterocycles. The molecule has 0 saturated carbocycles. The number of aliphatic imine (C=N–C) groups is 1. The molecule has 2 aromatic rings. The second-order valence-corrected chi connectivity index (χ2v) is 5.27. The molecule has 0 saturated heterocycles. The molecule has 0 spiro atoms. The number of guanidine groups is 1. The summed E-state index contributed by atoms with van der Waals surface area (Å²) in [7, 11) is 1.72. The highest BCUT2D eigenvalue weighted by Crippen LogP contribution is 2.10. The minimum absolute atomic E-state index is 0.134. The smallest absolute Gasteiger partial charge is 0.252 e. The lowest BCUT2D eigenvalue weighted by molar-refractivity contribution is 0.0954. The third-order valence-electron chi connectivity index (χ3n) is 3.50. The normalized spacial score (nSPS) is 12.3. The number of rotatable bonds is 6. The van der Waals surface area contributed by atoms with Gasteiger partial charge in [-0.15, -0.1) is 0 Å². The number of aromatic nitrogens is 1. The van der Waals surface area contributed by atoms with E-state index < -0.39 is 0 Å². The third-order valence-corrected chi connectivity index (χ3v) is 3.50. The minimum Gasteiger partial charge on any atom is -0.355 e. The number of hydrogen-bond acceptors (Lipinski definition) is 3. The molecule has 1 aromatic heterocycles. The van der Waals surface area contributed by atoms with Gasteiger partial charge in [0.15, 0.2) is 5.96 Å². The molecular weight excluding hydrogens is 302 g/mol. The molecule has 1 amide bonds. The molecular formula is C18H23N5O. The highest BCUT2D eigenvalue weighted by atomic mass is 16.1. The Morgan fingerprint density at radius 2 is 1.88 bits per heavy atom. The molecule has 3 N–H and O–H groups in total. The van der Waals surface area contributed by atoms with Gasteiger partial charge in [-0.05, 0) is 24.6 Å². The molecule has 24 heavy (non-hydrogen) atoms. The standard InChI is InChI=1S/C18H23N5O/c1-14(15-7-4-3-5-8-15)23-18(19-2)22-12-11-21-17(24)16-9-6-10-20-13-16/h3-10,13-14H,11-12H2,1-2H3,(H,21,24)(H2,19,22,23). The monoisotopic (exact) mass is 325 g/mol. The number of carbonyl (C=O) groups excluding carboxylic acids is 1. The van der Waals surface area contributed by atoms with Crippen LogP contribution in [-0.2, 0) is 0 Å². The van der Waals surface area contributed by atoms with Crippen LogP contribution in [0, 0.1) is 0 Å². The van der Waals surface area contributed by atoms with Crippen molar-refractivity contribution in [2.75, 3.05) is 20.1 Å².